The number of amides is 1. The van der Waals surface area contributed by atoms with E-state index in [-0.39, 0.29) is 18.0 Å². The van der Waals surface area contributed by atoms with Crippen LogP contribution in [0.25, 0.3) is 10.9 Å². The molecule has 6 nitrogen and oxygen atoms in total. The average Bonchev–Trinajstić information content (AvgIpc) is 2.68. The number of halogens is 1. The fraction of sp³-hybridized carbons (Fsp3) is 0.318. The molecular formula is C22H25ClN4O2. The molecule has 0 aliphatic rings. The van der Waals surface area contributed by atoms with Crippen molar-refractivity contribution in [2.24, 2.45) is 0 Å². The molecular weight excluding hydrogens is 388 g/mol. The summed E-state index contributed by atoms with van der Waals surface area (Å²) >= 11 is 5.98. The Morgan fingerprint density at radius 1 is 1.24 bits per heavy atom. The van der Waals surface area contributed by atoms with Gasteiger partial charge in [0.2, 0.25) is 5.91 Å². The number of H-pyrrole nitrogens is 1. The number of carbonyl (C=O) groups is 1. The van der Waals surface area contributed by atoms with Gasteiger partial charge in [0.05, 0.1) is 24.0 Å². The van der Waals surface area contributed by atoms with E-state index in [0.29, 0.717) is 28.3 Å². The number of carbonyl (C=O) groups excluding carboxylic acids is 1. The van der Waals surface area contributed by atoms with Gasteiger partial charge in [-0.05, 0) is 55.8 Å². The predicted molar refractivity (Wildman–Crippen MR) is 117 cm³/mol. The number of nitrogens with one attached hydrogen (secondary N) is 2. The maximum absolute atomic E-state index is 12.6. The lowest BCUT2D eigenvalue weighted by Gasteiger charge is -2.21. The van der Waals surface area contributed by atoms with Crippen molar-refractivity contribution in [3.05, 3.63) is 69.2 Å². The van der Waals surface area contributed by atoms with E-state index in [1.54, 1.807) is 18.2 Å². The van der Waals surface area contributed by atoms with Crippen LogP contribution in [0.3, 0.4) is 0 Å². The molecule has 152 valence electrons. The molecule has 0 aliphatic heterocycles. The Kier molecular flexibility index (Phi) is 7.01. The number of aryl methyl sites for hydroxylation is 1. The van der Waals surface area contributed by atoms with E-state index in [1.807, 2.05) is 36.1 Å². The highest BCUT2D eigenvalue weighted by atomic mass is 35.5. The minimum atomic E-state index is -0.165. The molecule has 29 heavy (non-hydrogen) atoms. The minimum Gasteiger partial charge on any atom is -0.325 e. The summed E-state index contributed by atoms with van der Waals surface area (Å²) in [5.41, 5.74) is 2.14. The van der Waals surface area contributed by atoms with Crippen molar-refractivity contribution in [3.8, 4) is 0 Å². The third kappa shape index (κ3) is 5.65. The second kappa shape index (κ2) is 9.67. The number of anilines is 1. The predicted octanol–water partition coefficient (Wildman–Crippen LogP) is 4.13. The summed E-state index contributed by atoms with van der Waals surface area (Å²) in [6, 6.07) is 12.6. The van der Waals surface area contributed by atoms with Crippen LogP contribution >= 0.6 is 11.6 Å². The number of fused-ring (bicyclic) bond motifs is 1. The van der Waals surface area contributed by atoms with Crippen molar-refractivity contribution >= 4 is 34.1 Å². The molecule has 1 heterocycles. The number of unbranched alkanes of at least 4 members (excludes halogenated alkanes) is 1. The topological polar surface area (TPSA) is 78.1 Å². The van der Waals surface area contributed by atoms with Crippen LogP contribution in [0.2, 0.25) is 5.02 Å². The number of nitrogens with zero attached hydrogens (tertiary/aromatic N) is 2. The van der Waals surface area contributed by atoms with Crippen molar-refractivity contribution in [2.45, 2.75) is 33.2 Å². The van der Waals surface area contributed by atoms with Crippen molar-refractivity contribution < 1.29 is 4.79 Å². The maximum Gasteiger partial charge on any atom is 0.258 e. The second-order valence-corrected chi connectivity index (χ2v) is 7.54. The molecule has 0 bridgehead atoms. The molecule has 0 unspecified atom stereocenters. The molecule has 0 aliphatic carbocycles. The molecule has 0 spiro atoms. The number of aromatic nitrogens is 2. The number of benzene rings is 2. The van der Waals surface area contributed by atoms with E-state index in [0.717, 1.165) is 30.6 Å². The van der Waals surface area contributed by atoms with Gasteiger partial charge in [-0.1, -0.05) is 37.1 Å². The van der Waals surface area contributed by atoms with E-state index in [4.69, 9.17) is 11.6 Å². The fourth-order valence-corrected chi connectivity index (χ4v) is 3.40. The van der Waals surface area contributed by atoms with E-state index in [2.05, 4.69) is 22.2 Å². The van der Waals surface area contributed by atoms with Crippen LogP contribution in [-0.4, -0.2) is 33.9 Å². The van der Waals surface area contributed by atoms with Gasteiger partial charge in [0.25, 0.3) is 5.56 Å². The summed E-state index contributed by atoms with van der Waals surface area (Å²) in [6.07, 6.45) is 1.96. The average molecular weight is 413 g/mol. The summed E-state index contributed by atoms with van der Waals surface area (Å²) in [5.74, 6) is 0.440. The van der Waals surface area contributed by atoms with E-state index >= 15 is 0 Å². The number of hydrogen-bond acceptors (Lipinski definition) is 4. The van der Waals surface area contributed by atoms with Crippen molar-refractivity contribution in [1.29, 1.82) is 0 Å². The van der Waals surface area contributed by atoms with Crippen LogP contribution in [0.5, 0.6) is 0 Å². The minimum absolute atomic E-state index is 0.116. The zero-order chi connectivity index (χ0) is 20.8. The lowest BCUT2D eigenvalue weighted by molar-refractivity contribution is -0.117. The van der Waals surface area contributed by atoms with Crippen LogP contribution in [0.15, 0.2) is 47.3 Å². The van der Waals surface area contributed by atoms with Gasteiger partial charge in [-0.3, -0.25) is 14.5 Å². The Morgan fingerprint density at radius 2 is 2.03 bits per heavy atom. The smallest absolute Gasteiger partial charge is 0.258 e. The Hall–Kier alpha value is -2.70. The summed E-state index contributed by atoms with van der Waals surface area (Å²) in [4.78, 5) is 34.3. The first-order valence-corrected chi connectivity index (χ1v) is 10.1. The Labute approximate surface area is 174 Å². The lowest BCUT2D eigenvalue weighted by atomic mass is 10.2. The molecule has 7 heteroatoms. The van der Waals surface area contributed by atoms with Gasteiger partial charge in [-0.2, -0.15) is 0 Å². The number of para-hydroxylation sites is 1. The van der Waals surface area contributed by atoms with Crippen molar-refractivity contribution in [1.82, 2.24) is 14.9 Å². The van der Waals surface area contributed by atoms with Gasteiger partial charge >= 0.3 is 0 Å². The molecule has 2 N–H and O–H groups in total. The molecule has 1 amide bonds. The van der Waals surface area contributed by atoms with Gasteiger partial charge in [-0.25, -0.2) is 4.98 Å². The Bertz CT molecular complexity index is 1060. The van der Waals surface area contributed by atoms with Crippen molar-refractivity contribution in [2.75, 3.05) is 18.4 Å². The largest absolute Gasteiger partial charge is 0.325 e. The quantitative estimate of drug-likeness (QED) is 0.583. The van der Waals surface area contributed by atoms with Crippen molar-refractivity contribution in [3.63, 3.8) is 0 Å². The van der Waals surface area contributed by atoms with Gasteiger partial charge in [0, 0.05) is 10.7 Å². The maximum atomic E-state index is 12.6. The number of hydrogen-bond donors (Lipinski definition) is 2. The zero-order valence-corrected chi connectivity index (χ0v) is 17.4. The Morgan fingerprint density at radius 3 is 2.79 bits per heavy atom. The molecule has 1 aromatic heterocycles. The van der Waals surface area contributed by atoms with Crippen LogP contribution in [0, 0.1) is 6.92 Å². The third-order valence-electron chi connectivity index (χ3n) is 4.69. The molecule has 3 aromatic rings. The fourth-order valence-electron chi connectivity index (χ4n) is 3.18. The number of rotatable bonds is 8. The molecule has 0 saturated carbocycles. The summed E-state index contributed by atoms with van der Waals surface area (Å²) < 4.78 is 0. The van der Waals surface area contributed by atoms with Crippen LogP contribution in [-0.2, 0) is 11.3 Å². The van der Waals surface area contributed by atoms with E-state index in [1.165, 1.54) is 0 Å². The molecule has 0 fully saturated rings. The highest BCUT2D eigenvalue weighted by Gasteiger charge is 2.14. The molecule has 0 atom stereocenters. The second-order valence-electron chi connectivity index (χ2n) is 7.10. The standard InChI is InChI=1S/C22H25ClN4O2/c1-3-4-11-27(14-21(28)25-18-10-9-16(23)12-15(18)2)13-20-24-19-8-6-5-7-17(19)22(29)26-20/h5-10,12H,3-4,11,13-14H2,1-2H3,(H,25,28)(H,24,26,29). The first-order valence-electron chi connectivity index (χ1n) is 9.72. The first kappa shape index (κ1) is 21.0. The Balaban J connectivity index is 1.74. The first-order chi connectivity index (χ1) is 14.0. The van der Waals surface area contributed by atoms with Gasteiger partial charge in [0.1, 0.15) is 5.82 Å². The third-order valence-corrected chi connectivity index (χ3v) is 4.93. The molecule has 2 aromatic carbocycles. The van der Waals surface area contributed by atoms with Crippen LogP contribution < -0.4 is 10.9 Å². The number of aromatic amines is 1. The molecule has 0 radical (unpaired) electrons. The van der Waals surface area contributed by atoms with Crippen LogP contribution in [0.4, 0.5) is 5.69 Å². The monoisotopic (exact) mass is 412 g/mol. The van der Waals surface area contributed by atoms with E-state index in [9.17, 15) is 9.59 Å². The van der Waals surface area contributed by atoms with E-state index < -0.39 is 0 Å². The highest BCUT2D eigenvalue weighted by Crippen LogP contribution is 2.19. The van der Waals surface area contributed by atoms with Crippen LogP contribution in [0.1, 0.15) is 31.2 Å². The summed E-state index contributed by atoms with van der Waals surface area (Å²) in [5, 5.41) is 4.14. The highest BCUT2D eigenvalue weighted by molar-refractivity contribution is 6.30. The SMILES string of the molecule is CCCCN(CC(=O)Nc1ccc(Cl)cc1C)Cc1nc2ccccc2c(=O)[nH]1. The molecule has 0 saturated heterocycles. The molecule has 3 rings (SSSR count). The lowest BCUT2D eigenvalue weighted by Crippen LogP contribution is -2.34. The normalized spacial score (nSPS) is 11.2. The van der Waals surface area contributed by atoms with Gasteiger partial charge in [0.15, 0.2) is 0 Å². The summed E-state index contributed by atoms with van der Waals surface area (Å²) in [7, 11) is 0. The zero-order valence-electron chi connectivity index (χ0n) is 16.7. The van der Waals surface area contributed by atoms with Gasteiger partial charge < -0.3 is 10.3 Å². The van der Waals surface area contributed by atoms with Gasteiger partial charge in [-0.15, -0.1) is 0 Å². The summed E-state index contributed by atoms with van der Waals surface area (Å²) in [6.45, 7) is 5.34.